The molecule has 3 heteroatoms. The number of alkyl halides is 1. The normalized spacial score (nSPS) is 15.6. The van der Waals surface area contributed by atoms with E-state index in [-0.39, 0.29) is 0 Å². The molecule has 86 valence electrons. The van der Waals surface area contributed by atoms with E-state index in [0.717, 1.165) is 19.6 Å². The Morgan fingerprint density at radius 2 is 1.94 bits per heavy atom. The molecule has 0 fully saturated rings. The molecule has 0 saturated carbocycles. The minimum absolute atomic E-state index is 0.593. The van der Waals surface area contributed by atoms with Crippen LogP contribution in [0.2, 0.25) is 0 Å². The van der Waals surface area contributed by atoms with Crippen LogP contribution < -0.4 is 9.80 Å². The van der Waals surface area contributed by atoms with Crippen molar-refractivity contribution in [2.24, 2.45) is 0 Å². The van der Waals surface area contributed by atoms with Crippen LogP contribution in [-0.2, 0) is 0 Å². The SMILES string of the molecule is CN1CCN(CC=CCCl)c2ccccc21. The van der Waals surface area contributed by atoms with E-state index in [1.165, 1.54) is 11.4 Å². The van der Waals surface area contributed by atoms with Crippen LogP contribution in [0.15, 0.2) is 36.4 Å². The molecule has 0 amide bonds. The van der Waals surface area contributed by atoms with Crippen molar-refractivity contribution >= 4 is 23.0 Å². The molecular formula is C13H17ClN2. The fraction of sp³-hybridized carbons (Fsp3) is 0.385. The van der Waals surface area contributed by atoms with E-state index in [4.69, 9.17) is 11.6 Å². The first kappa shape index (κ1) is 11.3. The summed E-state index contributed by atoms with van der Waals surface area (Å²) in [6, 6.07) is 8.54. The molecule has 1 aliphatic heterocycles. The highest BCUT2D eigenvalue weighted by Crippen LogP contribution is 2.31. The van der Waals surface area contributed by atoms with Gasteiger partial charge in [-0.3, -0.25) is 0 Å². The number of rotatable bonds is 3. The van der Waals surface area contributed by atoms with Crippen molar-refractivity contribution in [2.75, 3.05) is 42.4 Å². The Morgan fingerprint density at radius 1 is 1.19 bits per heavy atom. The van der Waals surface area contributed by atoms with Crippen molar-refractivity contribution in [1.82, 2.24) is 0 Å². The van der Waals surface area contributed by atoms with E-state index in [2.05, 4.69) is 47.2 Å². The number of anilines is 2. The average molecular weight is 237 g/mol. The van der Waals surface area contributed by atoms with Gasteiger partial charge in [-0.25, -0.2) is 0 Å². The second-order valence-electron chi connectivity index (χ2n) is 3.98. The molecule has 16 heavy (non-hydrogen) atoms. The van der Waals surface area contributed by atoms with Gasteiger partial charge in [0.1, 0.15) is 0 Å². The van der Waals surface area contributed by atoms with Crippen molar-refractivity contribution < 1.29 is 0 Å². The largest absolute Gasteiger partial charge is 0.371 e. The Morgan fingerprint density at radius 3 is 2.69 bits per heavy atom. The van der Waals surface area contributed by atoms with E-state index in [1.807, 2.05) is 6.08 Å². The summed E-state index contributed by atoms with van der Waals surface area (Å²) in [5.74, 6) is 0.593. The van der Waals surface area contributed by atoms with Crippen LogP contribution in [0.5, 0.6) is 0 Å². The first-order chi connectivity index (χ1) is 7.83. The molecule has 0 aromatic heterocycles. The Kier molecular flexibility index (Phi) is 3.73. The first-order valence-electron chi connectivity index (χ1n) is 5.59. The Labute approximate surface area is 102 Å². The van der Waals surface area contributed by atoms with E-state index >= 15 is 0 Å². The van der Waals surface area contributed by atoms with Gasteiger partial charge in [-0.2, -0.15) is 0 Å². The van der Waals surface area contributed by atoms with Gasteiger partial charge in [0.05, 0.1) is 11.4 Å². The Bertz CT molecular complexity index is 376. The second kappa shape index (κ2) is 5.26. The zero-order valence-electron chi connectivity index (χ0n) is 9.56. The lowest BCUT2D eigenvalue weighted by Crippen LogP contribution is -2.39. The molecule has 2 rings (SSSR count). The third-order valence-corrected chi connectivity index (χ3v) is 3.10. The van der Waals surface area contributed by atoms with E-state index in [0.29, 0.717) is 5.88 Å². The maximum Gasteiger partial charge on any atom is 0.0607 e. The van der Waals surface area contributed by atoms with Crippen LogP contribution in [0.25, 0.3) is 0 Å². The van der Waals surface area contributed by atoms with Crippen LogP contribution in [0.1, 0.15) is 0 Å². The lowest BCUT2D eigenvalue weighted by molar-refractivity contribution is 0.771. The summed E-state index contributed by atoms with van der Waals surface area (Å²) >= 11 is 5.63. The monoisotopic (exact) mass is 236 g/mol. The van der Waals surface area contributed by atoms with Gasteiger partial charge in [0, 0.05) is 32.6 Å². The molecule has 0 radical (unpaired) electrons. The predicted octanol–water partition coefficient (Wildman–Crippen LogP) is 2.74. The summed E-state index contributed by atoms with van der Waals surface area (Å²) in [4.78, 5) is 4.69. The quantitative estimate of drug-likeness (QED) is 0.588. The number of allylic oxidation sites excluding steroid dienone is 1. The number of fused-ring (bicyclic) bond motifs is 1. The summed E-state index contributed by atoms with van der Waals surface area (Å²) in [5.41, 5.74) is 2.63. The van der Waals surface area contributed by atoms with Crippen LogP contribution in [-0.4, -0.2) is 32.6 Å². The minimum Gasteiger partial charge on any atom is -0.371 e. The van der Waals surface area contributed by atoms with Gasteiger partial charge < -0.3 is 9.80 Å². The van der Waals surface area contributed by atoms with Gasteiger partial charge in [-0.15, -0.1) is 11.6 Å². The highest BCUT2D eigenvalue weighted by Gasteiger charge is 2.18. The number of para-hydroxylation sites is 2. The van der Waals surface area contributed by atoms with Gasteiger partial charge in [0.15, 0.2) is 0 Å². The lowest BCUT2D eigenvalue weighted by atomic mass is 10.2. The van der Waals surface area contributed by atoms with Gasteiger partial charge in [-0.05, 0) is 12.1 Å². The summed E-state index contributed by atoms with van der Waals surface area (Å²) in [6.07, 6.45) is 4.14. The third kappa shape index (κ3) is 2.33. The maximum atomic E-state index is 5.63. The third-order valence-electron chi connectivity index (χ3n) is 2.92. The van der Waals surface area contributed by atoms with Crippen molar-refractivity contribution in [3.8, 4) is 0 Å². The number of nitrogens with zero attached hydrogens (tertiary/aromatic N) is 2. The Balaban J connectivity index is 2.18. The molecule has 0 spiro atoms. The highest BCUT2D eigenvalue weighted by molar-refractivity contribution is 6.18. The van der Waals surface area contributed by atoms with Crippen molar-refractivity contribution in [3.05, 3.63) is 36.4 Å². The highest BCUT2D eigenvalue weighted by atomic mass is 35.5. The molecule has 1 aromatic rings. The van der Waals surface area contributed by atoms with Gasteiger partial charge in [0.2, 0.25) is 0 Å². The topological polar surface area (TPSA) is 6.48 Å². The summed E-state index contributed by atoms with van der Waals surface area (Å²) < 4.78 is 0. The van der Waals surface area contributed by atoms with Crippen LogP contribution in [0.4, 0.5) is 11.4 Å². The molecular weight excluding hydrogens is 220 g/mol. The molecule has 0 bridgehead atoms. The molecule has 0 saturated heterocycles. The number of hydrogen-bond acceptors (Lipinski definition) is 2. The lowest BCUT2D eigenvalue weighted by Gasteiger charge is -2.36. The van der Waals surface area contributed by atoms with Gasteiger partial charge >= 0.3 is 0 Å². The average Bonchev–Trinajstić information content (AvgIpc) is 2.33. The fourth-order valence-electron chi connectivity index (χ4n) is 2.02. The molecule has 1 aliphatic rings. The fourth-order valence-corrected chi connectivity index (χ4v) is 2.15. The van der Waals surface area contributed by atoms with Crippen LogP contribution in [0.3, 0.4) is 0 Å². The van der Waals surface area contributed by atoms with Crippen molar-refractivity contribution in [3.63, 3.8) is 0 Å². The number of benzene rings is 1. The number of hydrogen-bond donors (Lipinski definition) is 0. The standard InChI is InChI=1S/C13H17ClN2/c1-15-10-11-16(9-5-4-8-14)13-7-3-2-6-12(13)15/h2-7H,8-11H2,1H3. The van der Waals surface area contributed by atoms with Gasteiger partial charge in [-0.1, -0.05) is 24.3 Å². The van der Waals surface area contributed by atoms with E-state index in [1.54, 1.807) is 0 Å². The first-order valence-corrected chi connectivity index (χ1v) is 6.12. The minimum atomic E-state index is 0.593. The van der Waals surface area contributed by atoms with Gasteiger partial charge in [0.25, 0.3) is 0 Å². The van der Waals surface area contributed by atoms with E-state index < -0.39 is 0 Å². The van der Waals surface area contributed by atoms with E-state index in [9.17, 15) is 0 Å². The molecule has 0 atom stereocenters. The maximum absolute atomic E-state index is 5.63. The molecule has 1 heterocycles. The summed E-state index contributed by atoms with van der Waals surface area (Å²) in [5, 5.41) is 0. The Hall–Kier alpha value is -1.15. The predicted molar refractivity (Wildman–Crippen MR) is 71.8 cm³/mol. The summed E-state index contributed by atoms with van der Waals surface area (Å²) in [6.45, 7) is 3.09. The second-order valence-corrected chi connectivity index (χ2v) is 4.29. The zero-order valence-corrected chi connectivity index (χ0v) is 10.3. The van der Waals surface area contributed by atoms with Crippen molar-refractivity contribution in [1.29, 1.82) is 0 Å². The molecule has 1 aromatic carbocycles. The number of likely N-dealkylation sites (N-methyl/N-ethyl adjacent to an activating group) is 1. The molecule has 0 aliphatic carbocycles. The van der Waals surface area contributed by atoms with Crippen molar-refractivity contribution in [2.45, 2.75) is 0 Å². The van der Waals surface area contributed by atoms with Crippen LogP contribution in [0, 0.1) is 0 Å². The molecule has 0 unspecified atom stereocenters. The smallest absolute Gasteiger partial charge is 0.0607 e. The van der Waals surface area contributed by atoms with Crippen LogP contribution >= 0.6 is 11.6 Å². The molecule has 2 nitrogen and oxygen atoms in total. The zero-order chi connectivity index (χ0) is 11.4. The number of halogens is 1. The summed E-state index contributed by atoms with van der Waals surface area (Å²) in [7, 11) is 2.14. The molecule has 0 N–H and O–H groups in total.